The first kappa shape index (κ1) is 18.8. The van der Waals surface area contributed by atoms with E-state index in [0.717, 1.165) is 31.9 Å². The molecule has 0 radical (unpaired) electrons. The van der Waals surface area contributed by atoms with Crippen LogP contribution in [0.4, 0.5) is 0 Å². The van der Waals surface area contributed by atoms with Gasteiger partial charge in [0.15, 0.2) is 0 Å². The van der Waals surface area contributed by atoms with Crippen LogP contribution >= 0.6 is 7.82 Å². The summed E-state index contributed by atoms with van der Waals surface area (Å²) in [7, 11) is -3.02. The highest BCUT2D eigenvalue weighted by Gasteiger charge is 2.05. The van der Waals surface area contributed by atoms with Gasteiger partial charge in [-0.15, -0.1) is 0 Å². The van der Waals surface area contributed by atoms with Crippen LogP contribution in [0.3, 0.4) is 0 Å². The molecule has 1 unspecified atom stereocenters. The number of unbranched alkanes of at least 4 members (excludes halogenated alkanes) is 3. The van der Waals surface area contributed by atoms with Gasteiger partial charge in [0.2, 0.25) is 0 Å². The summed E-state index contributed by atoms with van der Waals surface area (Å²) >= 11 is 0. The van der Waals surface area contributed by atoms with E-state index in [-0.39, 0.29) is 12.5 Å². The number of phosphoric ester groups is 1. The van der Waals surface area contributed by atoms with E-state index in [2.05, 4.69) is 14.4 Å². The van der Waals surface area contributed by atoms with Crippen molar-refractivity contribution in [3.8, 4) is 0 Å². The molecule has 0 spiro atoms. The highest BCUT2D eigenvalue weighted by atomic mass is 31.2. The second-order valence-corrected chi connectivity index (χ2v) is 6.52. The van der Waals surface area contributed by atoms with Crippen LogP contribution in [0, 0.1) is 6.92 Å². The van der Waals surface area contributed by atoms with Crippen molar-refractivity contribution in [1.82, 2.24) is 5.32 Å². The molecule has 1 rings (SSSR count). The lowest BCUT2D eigenvalue weighted by atomic mass is 10.1. The smallest absolute Gasteiger partial charge is 0.267 e. The lowest BCUT2D eigenvalue weighted by Crippen LogP contribution is -2.24. The van der Waals surface area contributed by atoms with Crippen LogP contribution in [-0.2, 0) is 13.6 Å². The summed E-state index contributed by atoms with van der Waals surface area (Å²) in [4.78, 5) is 22.7. The quantitative estimate of drug-likeness (QED) is 0.526. The third-order valence-corrected chi connectivity index (χ3v) is 4.09. The average molecular weight is 328 g/mol. The van der Waals surface area contributed by atoms with Gasteiger partial charge in [0, 0.05) is 19.2 Å². The molecule has 0 fully saturated rings. The number of nitrogens with one attached hydrogen (secondary N) is 1. The number of aryl methyl sites for hydroxylation is 1. The molecule has 7 heteroatoms. The Balaban J connectivity index is 2.05. The molecular weight excluding hydrogens is 305 g/mol. The Bertz CT molecular complexity index is 503. The fourth-order valence-electron chi connectivity index (χ4n) is 1.82. The number of amides is 1. The van der Waals surface area contributed by atoms with Gasteiger partial charge in [0.1, 0.15) is 0 Å². The SMILES string of the molecule is COP(=O)([O-])OCCCCCCNC(=O)c1ccc(C)cc1. The van der Waals surface area contributed by atoms with Crippen LogP contribution in [0.25, 0.3) is 0 Å². The van der Waals surface area contributed by atoms with E-state index in [1.54, 1.807) is 12.1 Å². The summed E-state index contributed by atoms with van der Waals surface area (Å²) in [5.74, 6) is -0.0734. The first-order valence-electron chi connectivity index (χ1n) is 7.31. The zero-order chi connectivity index (χ0) is 16.4. The van der Waals surface area contributed by atoms with E-state index < -0.39 is 7.82 Å². The third kappa shape index (κ3) is 7.71. The minimum absolute atomic E-state index is 0.0734. The molecule has 0 aromatic heterocycles. The number of hydrogen-bond donors (Lipinski definition) is 1. The summed E-state index contributed by atoms with van der Waals surface area (Å²) in [5, 5.41) is 2.86. The Morgan fingerprint density at radius 2 is 1.82 bits per heavy atom. The molecule has 6 nitrogen and oxygen atoms in total. The highest BCUT2D eigenvalue weighted by Crippen LogP contribution is 2.36. The van der Waals surface area contributed by atoms with Crippen molar-refractivity contribution in [2.24, 2.45) is 0 Å². The molecule has 0 aliphatic rings. The van der Waals surface area contributed by atoms with Crippen molar-refractivity contribution in [1.29, 1.82) is 0 Å². The lowest BCUT2D eigenvalue weighted by molar-refractivity contribution is -0.223. The Morgan fingerprint density at radius 3 is 2.45 bits per heavy atom. The number of hydrogen-bond acceptors (Lipinski definition) is 5. The van der Waals surface area contributed by atoms with E-state index in [9.17, 15) is 14.3 Å². The fraction of sp³-hybridized carbons (Fsp3) is 0.533. The lowest BCUT2D eigenvalue weighted by Gasteiger charge is -2.19. The minimum atomic E-state index is -4.09. The number of carbonyl (C=O) groups excluding carboxylic acids is 1. The molecule has 0 bridgehead atoms. The molecule has 1 atom stereocenters. The molecule has 1 aromatic carbocycles. The van der Waals surface area contributed by atoms with Crippen molar-refractivity contribution in [3.63, 3.8) is 0 Å². The zero-order valence-electron chi connectivity index (χ0n) is 13.0. The Morgan fingerprint density at radius 1 is 1.18 bits per heavy atom. The molecule has 0 saturated carbocycles. The van der Waals surface area contributed by atoms with E-state index in [1.807, 2.05) is 19.1 Å². The zero-order valence-corrected chi connectivity index (χ0v) is 13.9. The molecular formula is C15H23NO5P-. The van der Waals surface area contributed by atoms with Gasteiger partial charge in [-0.3, -0.25) is 9.36 Å². The van der Waals surface area contributed by atoms with Crippen molar-refractivity contribution in [3.05, 3.63) is 35.4 Å². The van der Waals surface area contributed by atoms with Gasteiger partial charge in [-0.25, -0.2) is 0 Å². The molecule has 22 heavy (non-hydrogen) atoms. The fourth-order valence-corrected chi connectivity index (χ4v) is 2.28. The minimum Gasteiger partial charge on any atom is -0.756 e. The van der Waals surface area contributed by atoms with Gasteiger partial charge in [-0.05, 0) is 31.9 Å². The van der Waals surface area contributed by atoms with Crippen LogP contribution in [0.1, 0.15) is 41.6 Å². The summed E-state index contributed by atoms with van der Waals surface area (Å²) < 4.78 is 19.7. The summed E-state index contributed by atoms with van der Waals surface area (Å²) in [6.07, 6.45) is 3.22. The van der Waals surface area contributed by atoms with Crippen LogP contribution in [0.15, 0.2) is 24.3 Å². The maximum Gasteiger partial charge on any atom is 0.267 e. The number of rotatable bonds is 10. The number of carbonyl (C=O) groups is 1. The average Bonchev–Trinajstić information content (AvgIpc) is 2.50. The van der Waals surface area contributed by atoms with Crippen molar-refractivity contribution < 1.29 is 23.3 Å². The second-order valence-electron chi connectivity index (χ2n) is 5.00. The normalized spacial score (nSPS) is 13.6. The van der Waals surface area contributed by atoms with Crippen LogP contribution in [0.5, 0.6) is 0 Å². The Kier molecular flexibility index (Phi) is 8.35. The molecule has 0 aliphatic heterocycles. The predicted molar refractivity (Wildman–Crippen MR) is 82.5 cm³/mol. The monoisotopic (exact) mass is 328 g/mol. The Hall–Kier alpha value is -1.20. The second kappa shape index (κ2) is 9.74. The standard InChI is InChI=1S/C15H24NO5P/c1-13-7-9-14(10-8-13)15(17)16-11-5-3-4-6-12-21-22(18,19)20-2/h7-10H,3-6,11-12H2,1-2H3,(H,16,17)(H,18,19)/p-1. The van der Waals surface area contributed by atoms with Gasteiger partial charge in [0.05, 0.1) is 6.61 Å². The van der Waals surface area contributed by atoms with Crippen molar-refractivity contribution in [2.75, 3.05) is 20.3 Å². The van der Waals surface area contributed by atoms with Gasteiger partial charge < -0.3 is 19.3 Å². The molecule has 124 valence electrons. The van der Waals surface area contributed by atoms with Gasteiger partial charge >= 0.3 is 0 Å². The maximum atomic E-state index is 11.8. The van der Waals surface area contributed by atoms with Crippen LogP contribution in [-0.4, -0.2) is 26.2 Å². The van der Waals surface area contributed by atoms with Crippen molar-refractivity contribution in [2.45, 2.75) is 32.6 Å². The highest BCUT2D eigenvalue weighted by molar-refractivity contribution is 7.45. The van der Waals surface area contributed by atoms with Gasteiger partial charge in [-0.2, -0.15) is 0 Å². The van der Waals surface area contributed by atoms with Gasteiger partial charge in [-0.1, -0.05) is 30.5 Å². The number of phosphoric acid groups is 1. The van der Waals surface area contributed by atoms with E-state index in [4.69, 9.17) is 0 Å². The van der Waals surface area contributed by atoms with Crippen LogP contribution < -0.4 is 10.2 Å². The molecule has 1 amide bonds. The Labute approximate surface area is 131 Å². The third-order valence-electron chi connectivity index (χ3n) is 3.14. The molecule has 1 aromatic rings. The van der Waals surface area contributed by atoms with Crippen LogP contribution in [0.2, 0.25) is 0 Å². The maximum absolute atomic E-state index is 11.8. The summed E-state index contributed by atoms with van der Waals surface area (Å²) in [5.41, 5.74) is 1.78. The summed E-state index contributed by atoms with van der Waals surface area (Å²) in [6, 6.07) is 7.42. The molecule has 0 saturated heterocycles. The molecule has 0 aliphatic carbocycles. The molecule has 1 N–H and O–H groups in total. The molecule has 0 heterocycles. The predicted octanol–water partition coefficient (Wildman–Crippen LogP) is 2.42. The van der Waals surface area contributed by atoms with E-state index in [1.165, 1.54) is 0 Å². The first-order valence-corrected chi connectivity index (χ1v) is 8.77. The largest absolute Gasteiger partial charge is 0.756 e. The van der Waals surface area contributed by atoms with E-state index in [0.29, 0.717) is 18.5 Å². The topological polar surface area (TPSA) is 87.7 Å². The summed E-state index contributed by atoms with van der Waals surface area (Å²) in [6.45, 7) is 2.71. The number of benzene rings is 1. The van der Waals surface area contributed by atoms with Gasteiger partial charge in [0.25, 0.3) is 13.7 Å². The van der Waals surface area contributed by atoms with Crippen molar-refractivity contribution >= 4 is 13.7 Å². The first-order chi connectivity index (χ1) is 10.4. The van der Waals surface area contributed by atoms with E-state index >= 15 is 0 Å².